The Hall–Kier alpha value is -2.75. The highest BCUT2D eigenvalue weighted by Crippen LogP contribution is 2.22. The minimum atomic E-state index is -0.367. The van der Waals surface area contributed by atoms with Crippen LogP contribution in [0.15, 0.2) is 54.6 Å². The zero-order valence-electron chi connectivity index (χ0n) is 11.4. The molecule has 0 bridgehead atoms. The van der Waals surface area contributed by atoms with Gasteiger partial charge in [0.25, 0.3) is 5.91 Å². The summed E-state index contributed by atoms with van der Waals surface area (Å²) >= 11 is 0. The molecule has 1 N–H and O–H groups in total. The van der Waals surface area contributed by atoms with Crippen LogP contribution >= 0.6 is 0 Å². The van der Waals surface area contributed by atoms with E-state index in [1.54, 1.807) is 6.07 Å². The van der Waals surface area contributed by atoms with Crippen LogP contribution in [0.3, 0.4) is 0 Å². The van der Waals surface area contributed by atoms with Gasteiger partial charge in [0.05, 0.1) is 11.2 Å². The van der Waals surface area contributed by atoms with E-state index in [0.717, 1.165) is 16.6 Å². The van der Waals surface area contributed by atoms with Crippen LogP contribution in [0.2, 0.25) is 0 Å². The number of benzene rings is 2. The number of halogens is 1. The molecule has 2 aromatic carbocycles. The van der Waals surface area contributed by atoms with Gasteiger partial charge in [-0.25, -0.2) is 4.39 Å². The number of aromatic nitrogens is 1. The molecular formula is C17H13FN2O. The van der Waals surface area contributed by atoms with Crippen LogP contribution in [0.4, 0.5) is 10.1 Å². The van der Waals surface area contributed by atoms with E-state index < -0.39 is 0 Å². The number of hydrogen-bond acceptors (Lipinski definition) is 2. The highest BCUT2D eigenvalue weighted by Gasteiger charge is 2.09. The Bertz CT molecular complexity index is 813. The molecule has 0 radical (unpaired) electrons. The van der Waals surface area contributed by atoms with Gasteiger partial charge in [0.1, 0.15) is 5.82 Å². The highest BCUT2D eigenvalue weighted by molar-refractivity contribution is 6.08. The molecule has 1 aromatic heterocycles. The van der Waals surface area contributed by atoms with Gasteiger partial charge < -0.3 is 5.32 Å². The molecule has 0 saturated carbocycles. The Morgan fingerprint density at radius 1 is 1.05 bits per heavy atom. The molecule has 1 amide bonds. The molecule has 0 unspecified atom stereocenters. The van der Waals surface area contributed by atoms with Crippen LogP contribution in [0.5, 0.6) is 0 Å². The van der Waals surface area contributed by atoms with Gasteiger partial charge in [-0.15, -0.1) is 0 Å². The van der Waals surface area contributed by atoms with Crippen LogP contribution in [0.25, 0.3) is 10.9 Å². The number of para-hydroxylation sites is 1. The Labute approximate surface area is 121 Å². The maximum absolute atomic E-state index is 12.9. The van der Waals surface area contributed by atoms with Gasteiger partial charge in [-0.3, -0.25) is 9.78 Å². The first-order valence-corrected chi connectivity index (χ1v) is 6.57. The first-order chi connectivity index (χ1) is 10.1. The van der Waals surface area contributed by atoms with Crippen molar-refractivity contribution in [2.75, 3.05) is 5.32 Å². The summed E-state index contributed by atoms with van der Waals surface area (Å²) < 4.78 is 12.9. The summed E-state index contributed by atoms with van der Waals surface area (Å²) in [5, 5.41) is 3.78. The lowest BCUT2D eigenvalue weighted by atomic mass is 10.1. The molecular weight excluding hydrogens is 267 g/mol. The van der Waals surface area contributed by atoms with Crippen LogP contribution in [-0.4, -0.2) is 10.9 Å². The smallest absolute Gasteiger partial charge is 0.255 e. The van der Waals surface area contributed by atoms with Crippen LogP contribution in [-0.2, 0) is 0 Å². The fourth-order valence-corrected chi connectivity index (χ4v) is 2.14. The highest BCUT2D eigenvalue weighted by atomic mass is 19.1. The van der Waals surface area contributed by atoms with Crippen LogP contribution < -0.4 is 5.32 Å². The van der Waals surface area contributed by atoms with E-state index in [2.05, 4.69) is 10.3 Å². The topological polar surface area (TPSA) is 42.0 Å². The van der Waals surface area contributed by atoms with Gasteiger partial charge in [0, 0.05) is 16.6 Å². The zero-order valence-corrected chi connectivity index (χ0v) is 11.4. The molecule has 0 aliphatic heterocycles. The van der Waals surface area contributed by atoms with Crippen molar-refractivity contribution in [2.24, 2.45) is 0 Å². The molecule has 0 atom stereocenters. The first-order valence-electron chi connectivity index (χ1n) is 6.57. The fraction of sp³-hybridized carbons (Fsp3) is 0.0588. The monoisotopic (exact) mass is 280 g/mol. The minimum Gasteiger partial charge on any atom is -0.320 e. The Balaban J connectivity index is 1.96. The average molecular weight is 280 g/mol. The van der Waals surface area contributed by atoms with Crippen LogP contribution in [0.1, 0.15) is 16.1 Å². The molecule has 104 valence electrons. The van der Waals surface area contributed by atoms with E-state index in [0.29, 0.717) is 11.3 Å². The molecule has 3 aromatic rings. The summed E-state index contributed by atoms with van der Waals surface area (Å²) in [4.78, 5) is 16.7. The minimum absolute atomic E-state index is 0.286. The Kier molecular flexibility index (Phi) is 3.36. The van der Waals surface area contributed by atoms with E-state index in [9.17, 15) is 9.18 Å². The summed E-state index contributed by atoms with van der Waals surface area (Å²) in [6.45, 7) is 1.90. The maximum atomic E-state index is 12.9. The van der Waals surface area contributed by atoms with E-state index in [-0.39, 0.29) is 11.7 Å². The van der Waals surface area contributed by atoms with E-state index >= 15 is 0 Å². The average Bonchev–Trinajstić information content (AvgIpc) is 2.48. The van der Waals surface area contributed by atoms with Gasteiger partial charge in [0.2, 0.25) is 0 Å². The van der Waals surface area contributed by atoms with E-state index in [1.807, 2.05) is 31.2 Å². The number of pyridine rings is 1. The number of amides is 1. The fourth-order valence-electron chi connectivity index (χ4n) is 2.14. The molecule has 0 aliphatic carbocycles. The molecule has 0 fully saturated rings. The van der Waals surface area contributed by atoms with Crippen LogP contribution in [0, 0.1) is 12.7 Å². The largest absolute Gasteiger partial charge is 0.320 e. The Morgan fingerprint density at radius 3 is 2.57 bits per heavy atom. The number of carbonyl (C=O) groups is 1. The lowest BCUT2D eigenvalue weighted by Crippen LogP contribution is -2.12. The quantitative estimate of drug-likeness (QED) is 0.772. The number of fused-ring (bicyclic) bond motifs is 1. The third kappa shape index (κ3) is 2.74. The second-order valence-electron chi connectivity index (χ2n) is 4.79. The standard InChI is InChI=1S/C17H13FN2O/c1-11-5-6-12-3-2-4-15(16(12)19-11)20-17(21)13-7-9-14(18)10-8-13/h2-10H,1H3,(H,20,21). The molecule has 4 heteroatoms. The van der Waals surface area contributed by atoms with E-state index in [4.69, 9.17) is 0 Å². The lowest BCUT2D eigenvalue weighted by molar-refractivity contribution is 0.102. The van der Waals surface area contributed by atoms with Crippen molar-refractivity contribution in [3.63, 3.8) is 0 Å². The number of nitrogens with zero attached hydrogens (tertiary/aromatic N) is 1. The second kappa shape index (κ2) is 5.32. The second-order valence-corrected chi connectivity index (χ2v) is 4.79. The number of aryl methyl sites for hydroxylation is 1. The first kappa shape index (κ1) is 13.2. The van der Waals surface area contributed by atoms with Crippen molar-refractivity contribution in [3.8, 4) is 0 Å². The normalized spacial score (nSPS) is 10.6. The number of rotatable bonds is 2. The third-order valence-electron chi connectivity index (χ3n) is 3.21. The van der Waals surface area contributed by atoms with Gasteiger partial charge in [-0.2, -0.15) is 0 Å². The van der Waals surface area contributed by atoms with Crippen molar-refractivity contribution in [3.05, 3.63) is 71.7 Å². The SMILES string of the molecule is Cc1ccc2cccc(NC(=O)c3ccc(F)cc3)c2n1. The number of nitrogens with one attached hydrogen (secondary N) is 1. The summed E-state index contributed by atoms with van der Waals surface area (Å²) in [6, 6.07) is 14.9. The van der Waals surface area contributed by atoms with Crippen molar-refractivity contribution in [1.29, 1.82) is 0 Å². The number of hydrogen-bond donors (Lipinski definition) is 1. The predicted molar refractivity (Wildman–Crippen MR) is 80.8 cm³/mol. The van der Waals surface area contributed by atoms with Gasteiger partial charge >= 0.3 is 0 Å². The maximum Gasteiger partial charge on any atom is 0.255 e. The predicted octanol–water partition coefficient (Wildman–Crippen LogP) is 3.93. The number of carbonyl (C=O) groups excluding carboxylic acids is 1. The summed E-state index contributed by atoms with van der Waals surface area (Å²) in [5.74, 6) is -0.653. The Morgan fingerprint density at radius 2 is 1.81 bits per heavy atom. The molecule has 0 saturated heterocycles. The molecule has 0 spiro atoms. The van der Waals surface area contributed by atoms with Crippen molar-refractivity contribution < 1.29 is 9.18 Å². The van der Waals surface area contributed by atoms with Gasteiger partial charge in [-0.1, -0.05) is 18.2 Å². The molecule has 3 rings (SSSR count). The van der Waals surface area contributed by atoms with Crippen molar-refractivity contribution >= 4 is 22.5 Å². The number of anilines is 1. The summed E-state index contributed by atoms with van der Waals surface area (Å²) in [5.41, 5.74) is 2.67. The summed E-state index contributed by atoms with van der Waals surface area (Å²) in [6.07, 6.45) is 0. The van der Waals surface area contributed by atoms with Crippen molar-refractivity contribution in [2.45, 2.75) is 6.92 Å². The summed E-state index contributed by atoms with van der Waals surface area (Å²) in [7, 11) is 0. The third-order valence-corrected chi connectivity index (χ3v) is 3.21. The van der Waals surface area contributed by atoms with E-state index in [1.165, 1.54) is 24.3 Å². The van der Waals surface area contributed by atoms with Crippen molar-refractivity contribution in [1.82, 2.24) is 4.98 Å². The van der Waals surface area contributed by atoms with Gasteiger partial charge in [-0.05, 0) is 43.3 Å². The molecule has 1 heterocycles. The molecule has 3 nitrogen and oxygen atoms in total. The zero-order chi connectivity index (χ0) is 14.8. The lowest BCUT2D eigenvalue weighted by Gasteiger charge is -2.08. The molecule has 0 aliphatic rings. The van der Waals surface area contributed by atoms with Gasteiger partial charge in [0.15, 0.2) is 0 Å². The molecule has 21 heavy (non-hydrogen) atoms.